The number of imidazole rings is 1. The largest absolute Gasteiger partial charge is 0.486 e. The molecule has 7 heteroatoms. The molecule has 0 bridgehead atoms. The highest BCUT2D eigenvalue weighted by Crippen LogP contribution is 2.20. The van der Waals surface area contributed by atoms with Crippen LogP contribution < -0.4 is 10.1 Å². The summed E-state index contributed by atoms with van der Waals surface area (Å²) in [6.45, 7) is -0.0260. The summed E-state index contributed by atoms with van der Waals surface area (Å²) in [4.78, 5) is 17.1. The van der Waals surface area contributed by atoms with Gasteiger partial charge in [-0.2, -0.15) is 0 Å². The van der Waals surface area contributed by atoms with E-state index < -0.39 is 23.2 Å². The zero-order chi connectivity index (χ0) is 20.2. The van der Waals surface area contributed by atoms with Crippen LogP contribution in [0.4, 0.5) is 14.5 Å². The second-order valence-electron chi connectivity index (χ2n) is 6.35. The van der Waals surface area contributed by atoms with Crippen molar-refractivity contribution in [2.45, 2.75) is 13.2 Å². The molecule has 4 rings (SSSR count). The molecule has 0 saturated carbocycles. The Labute approximate surface area is 165 Å². The topological polar surface area (TPSA) is 56.2 Å². The van der Waals surface area contributed by atoms with Crippen LogP contribution in [0.3, 0.4) is 0 Å². The van der Waals surface area contributed by atoms with Crippen molar-refractivity contribution >= 4 is 22.6 Å². The fraction of sp³-hybridized carbons (Fsp3) is 0.0909. The standard InChI is InChI=1S/C22H17F2N3O2/c23-16-9-6-10-17(24)22(16)26-21(28)13-27-19-12-5-4-11-18(19)25-20(27)14-29-15-7-2-1-3-8-15/h1-12H,13-14H2,(H,26,28). The molecule has 0 radical (unpaired) electrons. The molecule has 146 valence electrons. The third-order valence-corrected chi connectivity index (χ3v) is 4.37. The predicted octanol–water partition coefficient (Wildman–Crippen LogP) is 4.53. The van der Waals surface area contributed by atoms with Gasteiger partial charge in [0, 0.05) is 0 Å². The first-order valence-corrected chi connectivity index (χ1v) is 8.97. The Morgan fingerprint density at radius 1 is 0.931 bits per heavy atom. The summed E-state index contributed by atoms with van der Waals surface area (Å²) in [5.41, 5.74) is 0.955. The van der Waals surface area contributed by atoms with Gasteiger partial charge in [0.05, 0.1) is 11.0 Å². The van der Waals surface area contributed by atoms with Crippen LogP contribution in [0.2, 0.25) is 0 Å². The van der Waals surface area contributed by atoms with Gasteiger partial charge in [-0.1, -0.05) is 36.4 Å². The van der Waals surface area contributed by atoms with Gasteiger partial charge in [-0.3, -0.25) is 4.79 Å². The number of nitrogens with one attached hydrogen (secondary N) is 1. The first-order chi connectivity index (χ1) is 14.1. The lowest BCUT2D eigenvalue weighted by Gasteiger charge is -2.12. The van der Waals surface area contributed by atoms with Crippen LogP contribution in [0.1, 0.15) is 5.82 Å². The lowest BCUT2D eigenvalue weighted by Crippen LogP contribution is -2.22. The molecule has 0 aliphatic rings. The normalized spacial score (nSPS) is 10.8. The van der Waals surface area contributed by atoms with Crippen molar-refractivity contribution < 1.29 is 18.3 Å². The molecule has 0 aliphatic carbocycles. The Bertz CT molecular complexity index is 1140. The van der Waals surface area contributed by atoms with E-state index in [0.29, 0.717) is 17.1 Å². The van der Waals surface area contributed by atoms with E-state index in [9.17, 15) is 13.6 Å². The Hall–Kier alpha value is -3.74. The van der Waals surface area contributed by atoms with Crippen LogP contribution in [0.15, 0.2) is 72.8 Å². The van der Waals surface area contributed by atoms with E-state index in [4.69, 9.17) is 4.74 Å². The van der Waals surface area contributed by atoms with E-state index in [1.54, 1.807) is 4.57 Å². The van der Waals surface area contributed by atoms with Gasteiger partial charge in [-0.05, 0) is 36.4 Å². The molecule has 1 N–H and O–H groups in total. The van der Waals surface area contributed by atoms with Gasteiger partial charge in [-0.15, -0.1) is 0 Å². The Balaban J connectivity index is 1.59. The first kappa shape index (κ1) is 18.6. The number of carbonyl (C=O) groups excluding carboxylic acids is 1. The number of ether oxygens (including phenoxy) is 1. The maximum atomic E-state index is 13.8. The molecule has 0 saturated heterocycles. The number of amides is 1. The number of hydrogen-bond donors (Lipinski definition) is 1. The first-order valence-electron chi connectivity index (χ1n) is 8.97. The van der Waals surface area contributed by atoms with Gasteiger partial charge < -0.3 is 14.6 Å². The van der Waals surface area contributed by atoms with Crippen molar-refractivity contribution in [2.24, 2.45) is 0 Å². The fourth-order valence-corrected chi connectivity index (χ4v) is 3.02. The van der Waals surface area contributed by atoms with Crippen LogP contribution in [0, 0.1) is 11.6 Å². The summed E-state index contributed by atoms with van der Waals surface area (Å²) >= 11 is 0. The molecular formula is C22H17F2N3O2. The van der Waals surface area contributed by atoms with Crippen LogP contribution in [-0.4, -0.2) is 15.5 Å². The van der Waals surface area contributed by atoms with Crippen LogP contribution in [-0.2, 0) is 17.9 Å². The molecule has 0 atom stereocenters. The van der Waals surface area contributed by atoms with Gasteiger partial charge in [0.25, 0.3) is 0 Å². The highest BCUT2D eigenvalue weighted by Gasteiger charge is 2.17. The van der Waals surface area contributed by atoms with Gasteiger partial charge in [0.2, 0.25) is 5.91 Å². The zero-order valence-corrected chi connectivity index (χ0v) is 15.3. The van der Waals surface area contributed by atoms with E-state index in [1.165, 1.54) is 6.07 Å². The number of aromatic nitrogens is 2. The monoisotopic (exact) mass is 393 g/mol. The third kappa shape index (κ3) is 4.08. The van der Waals surface area contributed by atoms with E-state index >= 15 is 0 Å². The number of halogens is 2. The number of hydrogen-bond acceptors (Lipinski definition) is 3. The van der Waals surface area contributed by atoms with E-state index in [2.05, 4.69) is 10.3 Å². The lowest BCUT2D eigenvalue weighted by molar-refractivity contribution is -0.116. The Morgan fingerprint density at radius 2 is 1.62 bits per heavy atom. The number of fused-ring (bicyclic) bond motifs is 1. The van der Waals surface area contributed by atoms with E-state index in [0.717, 1.165) is 17.6 Å². The second kappa shape index (κ2) is 8.10. The Kier molecular flexibility index (Phi) is 5.20. The minimum Gasteiger partial charge on any atom is -0.486 e. The molecule has 29 heavy (non-hydrogen) atoms. The number of anilines is 1. The summed E-state index contributed by atoms with van der Waals surface area (Å²) in [5, 5.41) is 2.30. The van der Waals surface area contributed by atoms with Crippen LogP contribution >= 0.6 is 0 Å². The smallest absolute Gasteiger partial charge is 0.244 e. The van der Waals surface area contributed by atoms with Crippen molar-refractivity contribution in [3.05, 3.63) is 90.3 Å². The van der Waals surface area contributed by atoms with Gasteiger partial charge >= 0.3 is 0 Å². The molecule has 5 nitrogen and oxygen atoms in total. The summed E-state index contributed by atoms with van der Waals surface area (Å²) in [6, 6.07) is 20.0. The van der Waals surface area contributed by atoms with Crippen molar-refractivity contribution in [1.82, 2.24) is 9.55 Å². The number of benzene rings is 3. The summed E-state index contributed by atoms with van der Waals surface area (Å²) in [6.07, 6.45) is 0. The lowest BCUT2D eigenvalue weighted by atomic mass is 10.3. The average Bonchev–Trinajstić information content (AvgIpc) is 3.07. The summed E-state index contributed by atoms with van der Waals surface area (Å²) in [5.74, 6) is -1.04. The maximum Gasteiger partial charge on any atom is 0.244 e. The number of rotatable bonds is 6. The number of nitrogens with zero attached hydrogens (tertiary/aromatic N) is 2. The predicted molar refractivity (Wildman–Crippen MR) is 105 cm³/mol. The zero-order valence-electron chi connectivity index (χ0n) is 15.3. The van der Waals surface area contributed by atoms with Crippen molar-refractivity contribution in [3.8, 4) is 5.75 Å². The maximum absolute atomic E-state index is 13.8. The van der Waals surface area contributed by atoms with Crippen molar-refractivity contribution in [1.29, 1.82) is 0 Å². The quantitative estimate of drug-likeness (QED) is 0.524. The molecule has 1 heterocycles. The molecule has 3 aromatic carbocycles. The van der Waals surface area contributed by atoms with Crippen LogP contribution in [0.5, 0.6) is 5.75 Å². The van der Waals surface area contributed by atoms with Crippen LogP contribution in [0.25, 0.3) is 11.0 Å². The number of para-hydroxylation sites is 4. The highest BCUT2D eigenvalue weighted by molar-refractivity contribution is 5.92. The molecule has 0 spiro atoms. The molecule has 1 amide bonds. The van der Waals surface area contributed by atoms with Gasteiger partial charge in [-0.25, -0.2) is 13.8 Å². The van der Waals surface area contributed by atoms with Crippen molar-refractivity contribution in [2.75, 3.05) is 5.32 Å². The molecular weight excluding hydrogens is 376 g/mol. The molecule has 0 aliphatic heterocycles. The minimum absolute atomic E-state index is 0.139. The van der Waals surface area contributed by atoms with E-state index in [1.807, 2.05) is 54.6 Å². The van der Waals surface area contributed by atoms with E-state index in [-0.39, 0.29) is 13.2 Å². The van der Waals surface area contributed by atoms with Gasteiger partial charge in [0.1, 0.15) is 42.0 Å². The SMILES string of the molecule is O=C(Cn1c(COc2ccccc2)nc2ccccc21)Nc1c(F)cccc1F. The molecule has 4 aromatic rings. The molecule has 0 fully saturated rings. The number of carbonyl (C=O) groups is 1. The average molecular weight is 393 g/mol. The van der Waals surface area contributed by atoms with Gasteiger partial charge in [0.15, 0.2) is 0 Å². The molecule has 0 unspecified atom stereocenters. The minimum atomic E-state index is -0.832. The highest BCUT2D eigenvalue weighted by atomic mass is 19.1. The third-order valence-electron chi connectivity index (χ3n) is 4.37. The molecule has 1 aromatic heterocycles. The summed E-state index contributed by atoms with van der Waals surface area (Å²) < 4.78 is 35.1. The second-order valence-corrected chi connectivity index (χ2v) is 6.35. The van der Waals surface area contributed by atoms with Crippen molar-refractivity contribution in [3.63, 3.8) is 0 Å². The Morgan fingerprint density at radius 3 is 2.38 bits per heavy atom. The summed E-state index contributed by atoms with van der Waals surface area (Å²) in [7, 11) is 0. The fourth-order valence-electron chi connectivity index (χ4n) is 3.02.